The average molecular weight is 401 g/mol. The number of carbonyl (C=O) groups is 1. The Morgan fingerprint density at radius 3 is 2.95 bits per heavy atom. The number of morpholine rings is 1. The molecule has 0 radical (unpaired) electrons. The van der Waals surface area contributed by atoms with E-state index in [2.05, 4.69) is 52.3 Å². The van der Waals surface area contributed by atoms with Gasteiger partial charge in [0.05, 0.1) is 12.1 Å². The molecule has 1 aromatic heterocycles. The van der Waals surface area contributed by atoms with Gasteiger partial charge in [0.1, 0.15) is 10.3 Å². The topological polar surface area (TPSA) is 47.4 Å². The van der Waals surface area contributed by atoms with Gasteiger partial charge in [0.25, 0.3) is 0 Å². The maximum absolute atomic E-state index is 11.7. The Bertz CT molecular complexity index is 600. The number of aromatic nitrogens is 2. The van der Waals surface area contributed by atoms with E-state index in [1.54, 1.807) is 0 Å². The van der Waals surface area contributed by atoms with Crippen molar-refractivity contribution >= 4 is 28.5 Å². The van der Waals surface area contributed by atoms with Crippen molar-refractivity contribution in [1.82, 2.24) is 14.7 Å². The van der Waals surface area contributed by atoms with Crippen molar-refractivity contribution in [3.63, 3.8) is 0 Å². The van der Waals surface area contributed by atoms with E-state index in [1.165, 1.54) is 5.69 Å². The molecular formula is C15H20IN3O2. The van der Waals surface area contributed by atoms with E-state index in [0.29, 0.717) is 23.8 Å². The summed E-state index contributed by atoms with van der Waals surface area (Å²) in [5.74, 6) is 1.90. The van der Waals surface area contributed by atoms with Crippen LogP contribution in [0.15, 0.2) is 6.07 Å². The first-order valence-electron chi connectivity index (χ1n) is 7.61. The van der Waals surface area contributed by atoms with Crippen molar-refractivity contribution in [3.8, 4) is 0 Å². The van der Waals surface area contributed by atoms with Crippen LogP contribution in [0.4, 0.5) is 0 Å². The lowest BCUT2D eigenvalue weighted by Crippen LogP contribution is -2.51. The smallest absolute Gasteiger partial charge is 0.248 e. The Morgan fingerprint density at radius 1 is 1.48 bits per heavy atom. The lowest BCUT2D eigenvalue weighted by atomic mass is 10.00. The van der Waals surface area contributed by atoms with Gasteiger partial charge in [0.2, 0.25) is 5.91 Å². The number of hydrogen-bond donors (Lipinski definition) is 0. The van der Waals surface area contributed by atoms with Crippen LogP contribution in [-0.4, -0.2) is 46.4 Å². The first kappa shape index (κ1) is 14.0. The summed E-state index contributed by atoms with van der Waals surface area (Å²) in [5.41, 5.74) is 1.35. The monoisotopic (exact) mass is 401 g/mol. The summed E-state index contributed by atoms with van der Waals surface area (Å²) >= 11 is 2.29. The highest BCUT2D eigenvalue weighted by Gasteiger charge is 2.65. The molecule has 0 aromatic carbocycles. The van der Waals surface area contributed by atoms with Gasteiger partial charge in [-0.2, -0.15) is 5.10 Å². The van der Waals surface area contributed by atoms with Crippen LogP contribution in [-0.2, 0) is 9.53 Å². The zero-order valence-electron chi connectivity index (χ0n) is 12.5. The minimum Gasteiger partial charge on any atom is -0.366 e. The second-order valence-corrected chi connectivity index (χ2v) is 7.89. The van der Waals surface area contributed by atoms with Gasteiger partial charge in [-0.3, -0.25) is 9.48 Å². The normalized spacial score (nSPS) is 37.9. The van der Waals surface area contributed by atoms with Crippen LogP contribution in [0.1, 0.15) is 37.9 Å². The fraction of sp³-hybridized carbons (Fsp3) is 0.733. The number of likely N-dealkylation sites (N-methyl/N-ethyl adjacent to an activating group) is 1. The third-order valence-corrected chi connectivity index (χ3v) is 5.88. The third-order valence-electron chi connectivity index (χ3n) is 5.36. The van der Waals surface area contributed by atoms with E-state index in [9.17, 15) is 4.79 Å². The van der Waals surface area contributed by atoms with Crippen molar-refractivity contribution in [2.45, 2.75) is 44.4 Å². The predicted molar refractivity (Wildman–Crippen MR) is 86.0 cm³/mol. The minimum absolute atomic E-state index is 0.121. The highest BCUT2D eigenvalue weighted by molar-refractivity contribution is 14.1. The maximum Gasteiger partial charge on any atom is 0.248 e. The van der Waals surface area contributed by atoms with Crippen LogP contribution in [0.5, 0.6) is 0 Å². The number of hydrogen-bond acceptors (Lipinski definition) is 3. The highest BCUT2D eigenvalue weighted by Crippen LogP contribution is 2.65. The first-order chi connectivity index (χ1) is 9.99. The second kappa shape index (κ2) is 4.68. The Labute approximate surface area is 138 Å². The molecule has 2 saturated carbocycles. The number of carbonyl (C=O) groups excluding carboxylic acids is 1. The molecule has 21 heavy (non-hydrogen) atoms. The van der Waals surface area contributed by atoms with Crippen molar-refractivity contribution in [2.24, 2.45) is 11.8 Å². The molecule has 0 N–H and O–H groups in total. The number of ether oxygens (including phenoxy) is 1. The van der Waals surface area contributed by atoms with Gasteiger partial charge in [-0.05, 0) is 60.8 Å². The van der Waals surface area contributed by atoms with Gasteiger partial charge in [-0.15, -0.1) is 0 Å². The number of nitrogens with zero attached hydrogens (tertiary/aromatic N) is 3. The predicted octanol–water partition coefficient (Wildman–Crippen LogP) is 2.03. The summed E-state index contributed by atoms with van der Waals surface area (Å²) in [4.78, 5) is 13.6. The van der Waals surface area contributed by atoms with E-state index in [4.69, 9.17) is 4.74 Å². The average Bonchev–Trinajstić information content (AvgIpc) is 2.80. The zero-order valence-corrected chi connectivity index (χ0v) is 14.6. The number of amides is 1. The number of rotatable bonds is 2. The van der Waals surface area contributed by atoms with Gasteiger partial charge in [-0.1, -0.05) is 0 Å². The molecule has 1 amide bonds. The Balaban J connectivity index is 1.59. The van der Waals surface area contributed by atoms with Gasteiger partial charge in [0.15, 0.2) is 0 Å². The van der Waals surface area contributed by atoms with Crippen molar-refractivity contribution in [1.29, 1.82) is 0 Å². The molecule has 4 rings (SSSR count). The molecule has 0 bridgehead atoms. The summed E-state index contributed by atoms with van der Waals surface area (Å²) in [6.45, 7) is 4.60. The van der Waals surface area contributed by atoms with Gasteiger partial charge < -0.3 is 9.64 Å². The molecule has 6 heteroatoms. The van der Waals surface area contributed by atoms with Crippen molar-refractivity contribution in [3.05, 3.63) is 15.5 Å². The molecule has 5 atom stereocenters. The summed E-state index contributed by atoms with van der Waals surface area (Å²) in [7, 11) is 1.92. The second-order valence-electron chi connectivity index (χ2n) is 6.78. The van der Waals surface area contributed by atoms with Crippen LogP contribution >= 0.6 is 22.6 Å². The minimum atomic E-state index is 0.121. The van der Waals surface area contributed by atoms with E-state index in [-0.39, 0.29) is 24.7 Å². The molecule has 3 aliphatic rings. The number of halogens is 1. The molecule has 2 aliphatic carbocycles. The molecule has 1 aromatic rings. The molecule has 3 unspecified atom stereocenters. The molecule has 5 nitrogen and oxygen atoms in total. The van der Waals surface area contributed by atoms with Gasteiger partial charge >= 0.3 is 0 Å². The Kier molecular flexibility index (Phi) is 3.12. The zero-order chi connectivity index (χ0) is 14.9. The van der Waals surface area contributed by atoms with Gasteiger partial charge in [-0.25, -0.2) is 0 Å². The number of fused-ring (bicyclic) bond motifs is 3. The quantitative estimate of drug-likeness (QED) is 0.713. The van der Waals surface area contributed by atoms with E-state index < -0.39 is 0 Å². The lowest BCUT2D eigenvalue weighted by molar-refractivity contribution is -0.153. The fourth-order valence-corrected chi connectivity index (χ4v) is 4.88. The van der Waals surface area contributed by atoms with Crippen LogP contribution in [0.25, 0.3) is 0 Å². The highest BCUT2D eigenvalue weighted by atomic mass is 127. The van der Waals surface area contributed by atoms with Gasteiger partial charge in [0, 0.05) is 24.7 Å². The maximum atomic E-state index is 11.7. The van der Waals surface area contributed by atoms with E-state index >= 15 is 0 Å². The Hall–Kier alpha value is -0.630. The fourth-order valence-electron chi connectivity index (χ4n) is 4.33. The van der Waals surface area contributed by atoms with Crippen molar-refractivity contribution in [2.75, 3.05) is 13.7 Å². The summed E-state index contributed by atoms with van der Waals surface area (Å²) < 4.78 is 9.10. The first-order valence-corrected chi connectivity index (χ1v) is 8.69. The Morgan fingerprint density at radius 2 is 2.24 bits per heavy atom. The SMILES string of the molecule is CC(C)n1nc(I)cc1C1[C@@H]2C3OCC(=O)N(C)C3C[C@H]12. The molecular weight excluding hydrogens is 381 g/mol. The van der Waals surface area contributed by atoms with E-state index in [0.717, 1.165) is 10.1 Å². The van der Waals surface area contributed by atoms with Crippen molar-refractivity contribution < 1.29 is 9.53 Å². The third kappa shape index (κ3) is 1.98. The molecule has 1 aliphatic heterocycles. The van der Waals surface area contributed by atoms with Crippen LogP contribution < -0.4 is 0 Å². The summed E-state index contributed by atoms with van der Waals surface area (Å²) in [5, 5.41) is 4.63. The van der Waals surface area contributed by atoms with Crippen LogP contribution in [0.3, 0.4) is 0 Å². The summed E-state index contributed by atoms with van der Waals surface area (Å²) in [6.07, 6.45) is 1.29. The molecule has 2 heterocycles. The van der Waals surface area contributed by atoms with Crippen LogP contribution in [0.2, 0.25) is 0 Å². The standard InChI is InChI=1S/C15H20IN3O2/c1-7(2)19-9(5-11(16)17-19)13-8-4-10-15(14(8)13)21-6-12(20)18(10)3/h5,7-8,10,13-15H,4,6H2,1-3H3/t8-,10?,13?,14-,15?/m1/s1. The molecule has 3 fully saturated rings. The molecule has 0 spiro atoms. The molecule has 1 saturated heterocycles. The molecule has 114 valence electrons. The van der Waals surface area contributed by atoms with E-state index in [1.807, 2.05) is 11.9 Å². The largest absolute Gasteiger partial charge is 0.366 e. The van der Waals surface area contributed by atoms with Crippen LogP contribution in [0, 0.1) is 15.5 Å². The summed E-state index contributed by atoms with van der Waals surface area (Å²) in [6, 6.07) is 2.89. The lowest BCUT2D eigenvalue weighted by Gasteiger charge is -2.37.